The highest BCUT2D eigenvalue weighted by atomic mass is 35.5. The molecule has 2 aromatic heterocycles. The Kier molecular flexibility index (Phi) is 5.87. The van der Waals surface area contributed by atoms with Crippen LogP contribution in [0.25, 0.3) is 11.4 Å². The third kappa shape index (κ3) is 3.97. The van der Waals surface area contributed by atoms with Gasteiger partial charge in [0.1, 0.15) is 22.9 Å². The number of pyridine rings is 1. The van der Waals surface area contributed by atoms with Crippen molar-refractivity contribution in [1.82, 2.24) is 14.3 Å². The van der Waals surface area contributed by atoms with Crippen LogP contribution in [0.15, 0.2) is 47.4 Å². The molecule has 0 radical (unpaired) electrons. The monoisotopic (exact) mass is 441 g/mol. The summed E-state index contributed by atoms with van der Waals surface area (Å²) in [6, 6.07) is 11.2. The molecule has 0 spiro atoms. The maximum atomic E-state index is 12.7. The average molecular weight is 442 g/mol. The zero-order chi connectivity index (χ0) is 22.1. The van der Waals surface area contributed by atoms with Crippen molar-refractivity contribution in [3.63, 3.8) is 0 Å². The first kappa shape index (κ1) is 21.2. The minimum atomic E-state index is -0.623. The molecule has 8 heteroatoms. The van der Waals surface area contributed by atoms with Crippen LogP contribution in [-0.2, 0) is 17.9 Å². The van der Waals surface area contributed by atoms with Crippen molar-refractivity contribution in [2.75, 3.05) is 6.61 Å². The molecule has 4 rings (SSSR count). The van der Waals surface area contributed by atoms with Crippen molar-refractivity contribution in [3.8, 4) is 17.3 Å². The van der Waals surface area contributed by atoms with Crippen LogP contribution in [0.4, 0.5) is 0 Å². The fourth-order valence-corrected chi connectivity index (χ4v) is 4.07. The number of fused-ring (bicyclic) bond motifs is 3. The maximum absolute atomic E-state index is 12.7. The van der Waals surface area contributed by atoms with E-state index in [1.807, 2.05) is 34.9 Å². The number of halogens is 1. The van der Waals surface area contributed by atoms with E-state index < -0.39 is 11.4 Å². The summed E-state index contributed by atoms with van der Waals surface area (Å²) in [5.74, 6) is -0.0816. The molecule has 1 aromatic carbocycles. The van der Waals surface area contributed by atoms with E-state index in [2.05, 4.69) is 18.9 Å². The Labute approximate surface area is 185 Å². The normalized spacial score (nSPS) is 14.8. The van der Waals surface area contributed by atoms with Gasteiger partial charge in [0.25, 0.3) is 5.88 Å². The molecule has 1 aliphatic rings. The molecule has 7 nitrogen and oxygen atoms in total. The number of aromatic nitrogens is 3. The molecule has 0 unspecified atom stereocenters. The lowest BCUT2D eigenvalue weighted by molar-refractivity contribution is 0.0523. The quantitative estimate of drug-likeness (QED) is 0.532. The Hall–Kier alpha value is -3.06. The molecule has 0 fully saturated rings. The smallest absolute Gasteiger partial charge is 0.343 e. The van der Waals surface area contributed by atoms with E-state index in [4.69, 9.17) is 21.1 Å². The zero-order valence-corrected chi connectivity index (χ0v) is 18.4. The number of hydrogen-bond donors (Lipinski definition) is 0. The van der Waals surface area contributed by atoms with E-state index in [1.54, 1.807) is 17.8 Å². The Morgan fingerprint density at radius 1 is 1.29 bits per heavy atom. The van der Waals surface area contributed by atoms with Gasteiger partial charge in [-0.05, 0) is 18.4 Å². The van der Waals surface area contributed by atoms with E-state index in [0.29, 0.717) is 35.4 Å². The van der Waals surface area contributed by atoms with Gasteiger partial charge in [-0.2, -0.15) is 0 Å². The molecule has 0 aliphatic carbocycles. The fraction of sp³-hybridized carbons (Fsp3) is 0.348. The van der Waals surface area contributed by atoms with Gasteiger partial charge >= 0.3 is 5.97 Å². The predicted octanol–water partition coefficient (Wildman–Crippen LogP) is 4.33. The molecule has 0 saturated carbocycles. The third-order valence-electron chi connectivity index (χ3n) is 5.39. The van der Waals surface area contributed by atoms with Crippen LogP contribution >= 0.6 is 11.6 Å². The minimum absolute atomic E-state index is 0.0147. The first-order valence-corrected chi connectivity index (χ1v) is 10.6. The van der Waals surface area contributed by atoms with Crippen molar-refractivity contribution >= 4 is 17.6 Å². The van der Waals surface area contributed by atoms with Gasteiger partial charge in [0, 0.05) is 12.3 Å². The van der Waals surface area contributed by atoms with Crippen molar-refractivity contribution in [3.05, 3.63) is 69.0 Å². The van der Waals surface area contributed by atoms with Crippen molar-refractivity contribution in [2.24, 2.45) is 5.92 Å². The van der Waals surface area contributed by atoms with Crippen LogP contribution in [-0.4, -0.2) is 26.9 Å². The molecule has 0 amide bonds. The van der Waals surface area contributed by atoms with E-state index in [9.17, 15) is 9.59 Å². The molecular formula is C23H24ClN3O4. The van der Waals surface area contributed by atoms with Crippen molar-refractivity contribution in [1.29, 1.82) is 0 Å². The zero-order valence-electron chi connectivity index (χ0n) is 17.7. The van der Waals surface area contributed by atoms with Crippen LogP contribution in [0.1, 0.15) is 42.7 Å². The summed E-state index contributed by atoms with van der Waals surface area (Å²) in [6.07, 6.45) is 1.58. The lowest BCUT2D eigenvalue weighted by Crippen LogP contribution is -2.31. The van der Waals surface area contributed by atoms with Gasteiger partial charge in [0.15, 0.2) is 5.43 Å². The first-order valence-electron chi connectivity index (χ1n) is 10.3. The summed E-state index contributed by atoms with van der Waals surface area (Å²) in [6.45, 7) is 6.95. The second-order valence-electron chi connectivity index (χ2n) is 7.80. The van der Waals surface area contributed by atoms with Gasteiger partial charge in [-0.1, -0.05) is 55.8 Å². The van der Waals surface area contributed by atoms with Gasteiger partial charge in [0.2, 0.25) is 0 Å². The average Bonchev–Trinajstić information content (AvgIpc) is 3.07. The second kappa shape index (κ2) is 8.59. The molecule has 31 heavy (non-hydrogen) atoms. The minimum Gasteiger partial charge on any atom is -0.471 e. The van der Waals surface area contributed by atoms with Crippen LogP contribution < -0.4 is 10.2 Å². The van der Waals surface area contributed by atoms with Gasteiger partial charge in [-0.15, -0.1) is 5.10 Å². The number of nitrogens with zero attached hydrogens (tertiary/aromatic N) is 3. The highest BCUT2D eigenvalue weighted by Crippen LogP contribution is 2.41. The molecule has 1 aliphatic heterocycles. The largest absolute Gasteiger partial charge is 0.471 e. The molecule has 0 saturated heterocycles. The Morgan fingerprint density at radius 3 is 2.71 bits per heavy atom. The van der Waals surface area contributed by atoms with Gasteiger partial charge in [0.05, 0.1) is 24.9 Å². The van der Waals surface area contributed by atoms with Gasteiger partial charge in [-0.25, -0.2) is 4.79 Å². The Balaban J connectivity index is 1.76. The number of rotatable bonds is 6. The first-order chi connectivity index (χ1) is 14.9. The van der Waals surface area contributed by atoms with Crippen molar-refractivity contribution in [2.45, 2.75) is 40.0 Å². The number of esters is 1. The standard InChI is InChI=1S/C23H24ClN3O4/c1-4-30-23(29)16-11-26-17(10-19(16)28)21-20(24)22(25-27(21)12-18(26)14(2)3)31-13-15-8-6-5-7-9-15/h5-11,14,18H,4,12-13H2,1-3H3/t18-/m0/s1. The lowest BCUT2D eigenvalue weighted by atomic mass is 10.00. The summed E-state index contributed by atoms with van der Waals surface area (Å²) in [5.41, 5.74) is 1.81. The molecule has 1 atom stereocenters. The molecule has 3 aromatic rings. The lowest BCUT2D eigenvalue weighted by Gasteiger charge is -2.32. The summed E-state index contributed by atoms with van der Waals surface area (Å²) >= 11 is 6.65. The summed E-state index contributed by atoms with van der Waals surface area (Å²) in [5, 5.41) is 4.91. The van der Waals surface area contributed by atoms with E-state index >= 15 is 0 Å². The molecular weight excluding hydrogens is 418 g/mol. The number of ether oxygens (including phenoxy) is 2. The van der Waals surface area contributed by atoms with Crippen LogP contribution in [0, 0.1) is 5.92 Å². The van der Waals surface area contributed by atoms with Gasteiger partial charge in [-0.3, -0.25) is 9.48 Å². The topological polar surface area (TPSA) is 75.3 Å². The fourth-order valence-electron chi connectivity index (χ4n) is 3.79. The Morgan fingerprint density at radius 2 is 2.03 bits per heavy atom. The van der Waals surface area contributed by atoms with E-state index in [-0.39, 0.29) is 24.1 Å². The van der Waals surface area contributed by atoms with Gasteiger partial charge < -0.3 is 14.0 Å². The van der Waals surface area contributed by atoms with Crippen LogP contribution in [0.5, 0.6) is 5.88 Å². The number of hydrogen-bond acceptors (Lipinski definition) is 5. The van der Waals surface area contributed by atoms with Crippen LogP contribution in [0.3, 0.4) is 0 Å². The van der Waals surface area contributed by atoms with Crippen LogP contribution in [0.2, 0.25) is 5.02 Å². The highest BCUT2D eigenvalue weighted by molar-refractivity contribution is 6.34. The third-order valence-corrected chi connectivity index (χ3v) is 5.73. The highest BCUT2D eigenvalue weighted by Gasteiger charge is 2.32. The van der Waals surface area contributed by atoms with E-state index in [0.717, 1.165) is 5.56 Å². The molecule has 162 valence electrons. The maximum Gasteiger partial charge on any atom is 0.343 e. The van der Waals surface area contributed by atoms with E-state index in [1.165, 1.54) is 6.07 Å². The SMILES string of the molecule is CCOC(=O)c1cn2c(cc1=O)-c1c(Cl)c(OCc3ccccc3)nn1C[C@H]2C(C)C. The van der Waals surface area contributed by atoms with Crippen molar-refractivity contribution < 1.29 is 14.3 Å². The summed E-state index contributed by atoms with van der Waals surface area (Å²) in [4.78, 5) is 25.0. The summed E-state index contributed by atoms with van der Waals surface area (Å²) in [7, 11) is 0. The molecule has 0 N–H and O–H groups in total. The number of benzene rings is 1. The Bertz CT molecular complexity index is 1170. The second-order valence-corrected chi connectivity index (χ2v) is 8.18. The molecule has 0 bridgehead atoms. The predicted molar refractivity (Wildman–Crippen MR) is 118 cm³/mol. The number of carbonyl (C=O) groups excluding carboxylic acids is 1. The molecule has 3 heterocycles. The summed E-state index contributed by atoms with van der Waals surface area (Å²) < 4.78 is 14.7. The number of carbonyl (C=O) groups is 1.